The zero-order valence-corrected chi connectivity index (χ0v) is 19.1. The van der Waals surface area contributed by atoms with E-state index in [-0.39, 0.29) is 17.5 Å². The second-order valence-electron chi connectivity index (χ2n) is 7.80. The fourth-order valence-corrected chi connectivity index (χ4v) is 6.12. The Kier molecular flexibility index (Phi) is 6.06. The molecule has 1 aromatic carbocycles. The van der Waals surface area contributed by atoms with Crippen molar-refractivity contribution in [2.75, 3.05) is 11.4 Å². The standard InChI is InChI=1S/C21H18ClF3N4O4S/c1-12-8-19(29(27-12)13-6-7-26-18(22)9-13)28-11-14(10-16(28)20(30)31)34(32,33)17-5-3-2-4-15(17)21(23,24)25/h2-9,14,16H,10-11H2,1H3,(H,30,31)/t14-,16+/m1/s1. The number of hydrogen-bond donors (Lipinski definition) is 1. The first-order valence-corrected chi connectivity index (χ1v) is 11.9. The van der Waals surface area contributed by atoms with Gasteiger partial charge in [0.05, 0.1) is 27.1 Å². The summed E-state index contributed by atoms with van der Waals surface area (Å²) in [4.78, 5) is 16.4. The Morgan fingerprint density at radius 2 is 1.91 bits per heavy atom. The lowest BCUT2D eigenvalue weighted by atomic mass is 10.2. The van der Waals surface area contributed by atoms with Gasteiger partial charge in [-0.25, -0.2) is 22.9 Å². The molecule has 8 nitrogen and oxygen atoms in total. The van der Waals surface area contributed by atoms with Crippen molar-refractivity contribution >= 4 is 33.2 Å². The summed E-state index contributed by atoms with van der Waals surface area (Å²) in [6.45, 7) is 1.33. The molecule has 3 aromatic rings. The van der Waals surface area contributed by atoms with Crippen LogP contribution in [-0.4, -0.2) is 52.1 Å². The van der Waals surface area contributed by atoms with Gasteiger partial charge >= 0.3 is 12.1 Å². The number of alkyl halides is 3. The molecule has 0 aliphatic carbocycles. The van der Waals surface area contributed by atoms with Crippen LogP contribution in [0.15, 0.2) is 53.6 Å². The Hall–Kier alpha value is -3.12. The highest BCUT2D eigenvalue weighted by Crippen LogP contribution is 2.39. The van der Waals surface area contributed by atoms with Crippen LogP contribution in [0, 0.1) is 6.92 Å². The lowest BCUT2D eigenvalue weighted by Gasteiger charge is -2.24. The number of halogens is 4. The number of anilines is 1. The molecular weight excluding hydrogens is 497 g/mol. The minimum atomic E-state index is -4.88. The van der Waals surface area contributed by atoms with Gasteiger partial charge in [0, 0.05) is 24.9 Å². The molecule has 0 spiro atoms. The van der Waals surface area contributed by atoms with Gasteiger partial charge in [0.2, 0.25) is 0 Å². The maximum atomic E-state index is 13.5. The van der Waals surface area contributed by atoms with Gasteiger partial charge < -0.3 is 10.0 Å². The predicted octanol–water partition coefficient (Wildman–Crippen LogP) is 3.75. The molecule has 2 atom stereocenters. The largest absolute Gasteiger partial charge is 0.480 e. The monoisotopic (exact) mass is 514 g/mol. The second kappa shape index (κ2) is 8.58. The molecule has 2 aromatic heterocycles. The Labute approximate surface area is 197 Å². The van der Waals surface area contributed by atoms with Crippen molar-refractivity contribution in [1.29, 1.82) is 0 Å². The number of nitrogens with zero attached hydrogens (tertiary/aromatic N) is 4. The topological polar surface area (TPSA) is 105 Å². The van der Waals surface area contributed by atoms with Crippen molar-refractivity contribution < 1.29 is 31.5 Å². The number of rotatable bonds is 5. The van der Waals surface area contributed by atoms with E-state index in [0.29, 0.717) is 17.4 Å². The maximum absolute atomic E-state index is 13.5. The lowest BCUT2D eigenvalue weighted by Crippen LogP contribution is -2.37. The first kappa shape index (κ1) is 24.0. The quantitative estimate of drug-likeness (QED) is 0.517. The number of carbonyl (C=O) groups is 1. The Morgan fingerprint density at radius 3 is 2.56 bits per heavy atom. The van der Waals surface area contributed by atoms with E-state index in [9.17, 15) is 31.5 Å². The Bertz CT molecular complexity index is 1360. The van der Waals surface area contributed by atoms with Crippen LogP contribution in [0.2, 0.25) is 5.15 Å². The van der Waals surface area contributed by atoms with Gasteiger partial charge in [-0.05, 0) is 31.5 Å². The zero-order valence-electron chi connectivity index (χ0n) is 17.6. The summed E-state index contributed by atoms with van der Waals surface area (Å²) in [7, 11) is -4.52. The van der Waals surface area contributed by atoms with Crippen molar-refractivity contribution in [3.63, 3.8) is 0 Å². The summed E-state index contributed by atoms with van der Waals surface area (Å²) in [5.41, 5.74) is -0.311. The second-order valence-corrected chi connectivity index (χ2v) is 10.4. The Balaban J connectivity index is 1.77. The average Bonchev–Trinajstić information content (AvgIpc) is 3.37. The number of aryl methyl sites for hydroxylation is 1. The van der Waals surface area contributed by atoms with Crippen LogP contribution in [0.4, 0.5) is 19.0 Å². The van der Waals surface area contributed by atoms with Crippen molar-refractivity contribution in [2.45, 2.75) is 35.7 Å². The van der Waals surface area contributed by atoms with Crippen molar-refractivity contribution in [3.05, 3.63) is 65.1 Å². The highest BCUT2D eigenvalue weighted by atomic mass is 35.5. The number of benzene rings is 1. The van der Waals surface area contributed by atoms with E-state index in [1.165, 1.54) is 27.9 Å². The van der Waals surface area contributed by atoms with Crippen LogP contribution in [0.25, 0.3) is 5.69 Å². The fourth-order valence-electron chi connectivity index (χ4n) is 4.04. The van der Waals surface area contributed by atoms with E-state index in [1.807, 2.05) is 0 Å². The van der Waals surface area contributed by atoms with Crippen LogP contribution in [0.1, 0.15) is 17.7 Å². The highest BCUT2D eigenvalue weighted by Gasteiger charge is 2.47. The van der Waals surface area contributed by atoms with Gasteiger partial charge in [-0.2, -0.15) is 18.3 Å². The first-order chi connectivity index (χ1) is 15.9. The highest BCUT2D eigenvalue weighted by molar-refractivity contribution is 7.92. The third-order valence-electron chi connectivity index (χ3n) is 5.55. The van der Waals surface area contributed by atoms with Gasteiger partial charge in [-0.15, -0.1) is 0 Å². The number of aliphatic carboxylic acids is 1. The predicted molar refractivity (Wildman–Crippen MR) is 117 cm³/mol. The van der Waals surface area contributed by atoms with E-state index in [2.05, 4.69) is 10.1 Å². The summed E-state index contributed by atoms with van der Waals surface area (Å²) in [5, 5.41) is 12.9. The molecule has 34 heavy (non-hydrogen) atoms. The first-order valence-electron chi connectivity index (χ1n) is 9.97. The summed E-state index contributed by atoms with van der Waals surface area (Å²) < 4.78 is 68.4. The SMILES string of the molecule is Cc1cc(N2C[C@H](S(=O)(=O)c3ccccc3C(F)(F)F)C[C@H]2C(=O)O)n(-c2ccnc(Cl)c2)n1. The molecular formula is C21H18ClF3N4O4S. The van der Waals surface area contributed by atoms with E-state index in [4.69, 9.17) is 11.6 Å². The average molecular weight is 515 g/mol. The maximum Gasteiger partial charge on any atom is 0.417 e. The fraction of sp³-hybridized carbons (Fsp3) is 0.286. The van der Waals surface area contributed by atoms with Gasteiger partial charge in [0.25, 0.3) is 0 Å². The molecule has 1 aliphatic rings. The number of aromatic nitrogens is 3. The van der Waals surface area contributed by atoms with Crippen molar-refractivity contribution in [2.24, 2.45) is 0 Å². The summed E-state index contributed by atoms with van der Waals surface area (Å²) >= 11 is 5.96. The molecule has 1 N–H and O–H groups in total. The number of sulfone groups is 1. The van der Waals surface area contributed by atoms with Gasteiger partial charge in [0.1, 0.15) is 17.0 Å². The zero-order chi connectivity index (χ0) is 24.8. The molecule has 180 valence electrons. The number of pyridine rings is 1. The molecule has 0 bridgehead atoms. The molecule has 1 fully saturated rings. The minimum absolute atomic E-state index is 0.164. The van der Waals surface area contributed by atoms with Crippen LogP contribution in [0.3, 0.4) is 0 Å². The molecule has 0 radical (unpaired) electrons. The smallest absolute Gasteiger partial charge is 0.417 e. The number of carboxylic acids is 1. The van der Waals surface area contributed by atoms with Gasteiger partial charge in [-0.1, -0.05) is 23.7 Å². The van der Waals surface area contributed by atoms with Crippen molar-refractivity contribution in [1.82, 2.24) is 14.8 Å². The van der Waals surface area contributed by atoms with E-state index in [0.717, 1.165) is 12.1 Å². The molecule has 0 saturated carbocycles. The van der Waals surface area contributed by atoms with Crippen LogP contribution in [-0.2, 0) is 20.8 Å². The molecule has 4 rings (SSSR count). The normalized spacial score (nSPS) is 18.9. The van der Waals surface area contributed by atoms with E-state index >= 15 is 0 Å². The molecule has 1 saturated heterocycles. The third kappa shape index (κ3) is 4.34. The number of carboxylic acid groups (broad SMARTS) is 1. The van der Waals surface area contributed by atoms with Crippen LogP contribution in [0.5, 0.6) is 0 Å². The number of hydrogen-bond acceptors (Lipinski definition) is 6. The van der Waals surface area contributed by atoms with Crippen LogP contribution >= 0.6 is 11.6 Å². The van der Waals surface area contributed by atoms with Crippen molar-refractivity contribution in [3.8, 4) is 5.69 Å². The van der Waals surface area contributed by atoms with Gasteiger partial charge in [-0.3, -0.25) is 0 Å². The summed E-state index contributed by atoms with van der Waals surface area (Å²) in [5.74, 6) is -1.03. The van der Waals surface area contributed by atoms with E-state index < -0.39 is 50.2 Å². The molecule has 0 amide bonds. The molecule has 3 heterocycles. The summed E-state index contributed by atoms with van der Waals surface area (Å²) in [6, 6.07) is 7.25. The third-order valence-corrected chi connectivity index (χ3v) is 7.94. The lowest BCUT2D eigenvalue weighted by molar-refractivity contribution is -0.140. The molecule has 13 heteroatoms. The molecule has 1 aliphatic heterocycles. The molecule has 0 unspecified atom stereocenters. The Morgan fingerprint density at radius 1 is 1.21 bits per heavy atom. The van der Waals surface area contributed by atoms with Crippen LogP contribution < -0.4 is 4.90 Å². The van der Waals surface area contributed by atoms with Gasteiger partial charge in [0.15, 0.2) is 9.84 Å². The minimum Gasteiger partial charge on any atom is -0.480 e. The van der Waals surface area contributed by atoms with E-state index in [1.54, 1.807) is 19.1 Å². The summed E-state index contributed by atoms with van der Waals surface area (Å²) in [6.07, 6.45) is -3.85.